The van der Waals surface area contributed by atoms with E-state index in [2.05, 4.69) is 4.90 Å². The first-order valence-electron chi connectivity index (χ1n) is 9.46. The number of carbonyl (C=O) groups excluding carboxylic acids is 1. The van der Waals surface area contributed by atoms with Crippen LogP contribution in [0.4, 0.5) is 0 Å². The van der Waals surface area contributed by atoms with Crippen molar-refractivity contribution in [3.63, 3.8) is 0 Å². The van der Waals surface area contributed by atoms with Gasteiger partial charge < -0.3 is 9.64 Å². The smallest absolute Gasteiger partial charge is 0.310 e. The molecule has 146 valence electrons. The summed E-state index contributed by atoms with van der Waals surface area (Å²) in [5.74, 6) is -0.158. The molecule has 26 heavy (non-hydrogen) atoms. The highest BCUT2D eigenvalue weighted by Crippen LogP contribution is 2.29. The average Bonchev–Trinajstić information content (AvgIpc) is 2.62. The summed E-state index contributed by atoms with van der Waals surface area (Å²) in [6.07, 6.45) is 3.23. The van der Waals surface area contributed by atoms with E-state index in [0.29, 0.717) is 24.5 Å². The Hall–Kier alpha value is -1.40. The molecule has 0 bridgehead atoms. The lowest BCUT2D eigenvalue weighted by Crippen LogP contribution is -2.40. The highest BCUT2D eigenvalue weighted by atomic mass is 32.2. The van der Waals surface area contributed by atoms with E-state index in [-0.39, 0.29) is 11.9 Å². The summed E-state index contributed by atoms with van der Waals surface area (Å²) in [6.45, 7) is 8.32. The van der Waals surface area contributed by atoms with Crippen LogP contribution in [0, 0.1) is 5.92 Å². The molecule has 1 aliphatic heterocycles. The van der Waals surface area contributed by atoms with Gasteiger partial charge in [0, 0.05) is 6.54 Å². The summed E-state index contributed by atoms with van der Waals surface area (Å²) in [6, 6.07) is 8.65. The highest BCUT2D eigenvalue weighted by Gasteiger charge is 2.35. The van der Waals surface area contributed by atoms with Gasteiger partial charge in [0.05, 0.1) is 22.2 Å². The number of likely N-dealkylation sites (tertiary alicyclic amines) is 1. The first kappa shape index (κ1) is 20.9. The first-order valence-corrected chi connectivity index (χ1v) is 10.9. The Bertz CT molecular complexity index is 685. The fourth-order valence-corrected chi connectivity index (χ4v) is 5.06. The third-order valence-electron chi connectivity index (χ3n) is 5.16. The molecule has 1 fully saturated rings. The molecule has 1 aliphatic rings. The van der Waals surface area contributed by atoms with Crippen LogP contribution in [0.15, 0.2) is 35.2 Å². The Morgan fingerprint density at radius 3 is 2.62 bits per heavy atom. The fourth-order valence-electron chi connectivity index (χ4n) is 3.49. The van der Waals surface area contributed by atoms with Crippen LogP contribution in [0.3, 0.4) is 0 Å². The van der Waals surface area contributed by atoms with Crippen molar-refractivity contribution in [3.05, 3.63) is 30.3 Å². The molecule has 1 aromatic rings. The van der Waals surface area contributed by atoms with Gasteiger partial charge in [0.1, 0.15) is 0 Å². The van der Waals surface area contributed by atoms with Crippen LogP contribution in [0.25, 0.3) is 0 Å². The molecule has 1 aromatic carbocycles. The average molecular weight is 382 g/mol. The zero-order chi connectivity index (χ0) is 19.2. The summed E-state index contributed by atoms with van der Waals surface area (Å²) in [5.41, 5.74) is 0. The monoisotopic (exact) mass is 381 g/mol. The van der Waals surface area contributed by atoms with E-state index in [1.165, 1.54) is 0 Å². The van der Waals surface area contributed by atoms with Gasteiger partial charge in [0.2, 0.25) is 0 Å². The third kappa shape index (κ3) is 5.07. The second-order valence-electron chi connectivity index (χ2n) is 7.57. The van der Waals surface area contributed by atoms with Gasteiger partial charge in [-0.15, -0.1) is 0 Å². The summed E-state index contributed by atoms with van der Waals surface area (Å²) in [7, 11) is -3.37. The van der Waals surface area contributed by atoms with E-state index in [1.54, 1.807) is 38.1 Å². The molecule has 0 amide bonds. The molecular formula is C20H31NO4S. The Kier molecular flexibility index (Phi) is 7.24. The third-order valence-corrected chi connectivity index (χ3v) is 7.71. The van der Waals surface area contributed by atoms with E-state index >= 15 is 0 Å². The molecule has 0 spiro atoms. The van der Waals surface area contributed by atoms with Crippen molar-refractivity contribution in [3.8, 4) is 0 Å². The number of esters is 1. The highest BCUT2D eigenvalue weighted by molar-refractivity contribution is 7.92. The normalized spacial score (nSPS) is 19.3. The number of hydrogen-bond donors (Lipinski definition) is 0. The van der Waals surface area contributed by atoms with Crippen molar-refractivity contribution in [1.29, 1.82) is 0 Å². The quantitative estimate of drug-likeness (QED) is 0.647. The van der Waals surface area contributed by atoms with Crippen LogP contribution >= 0.6 is 0 Å². The van der Waals surface area contributed by atoms with Crippen LogP contribution in [-0.4, -0.2) is 50.3 Å². The first-order chi connectivity index (χ1) is 12.3. The van der Waals surface area contributed by atoms with Crippen LogP contribution in [0.5, 0.6) is 0 Å². The summed E-state index contributed by atoms with van der Waals surface area (Å²) >= 11 is 0. The number of benzene rings is 1. The van der Waals surface area contributed by atoms with Crippen LogP contribution in [0.2, 0.25) is 0 Å². The number of piperidine rings is 1. The molecule has 1 saturated heterocycles. The van der Waals surface area contributed by atoms with Gasteiger partial charge in [0.15, 0.2) is 9.84 Å². The SMILES string of the molecule is CCOC(=O)[C@H]1CCCN(CCCC(C)(C)S(=O)(=O)c2ccccc2)C1. The van der Waals surface area contributed by atoms with Crippen molar-refractivity contribution >= 4 is 15.8 Å². The summed E-state index contributed by atoms with van der Waals surface area (Å²) in [4.78, 5) is 14.6. The Morgan fingerprint density at radius 2 is 1.96 bits per heavy atom. The van der Waals surface area contributed by atoms with Gasteiger partial charge in [0.25, 0.3) is 0 Å². The molecule has 1 heterocycles. The Labute approximate surface area is 157 Å². The van der Waals surface area contributed by atoms with Crippen LogP contribution in [0.1, 0.15) is 46.5 Å². The number of ether oxygens (including phenoxy) is 1. The number of hydrogen-bond acceptors (Lipinski definition) is 5. The topological polar surface area (TPSA) is 63.7 Å². The molecule has 6 heteroatoms. The van der Waals surface area contributed by atoms with Gasteiger partial charge in [-0.1, -0.05) is 18.2 Å². The van der Waals surface area contributed by atoms with Gasteiger partial charge >= 0.3 is 5.97 Å². The second kappa shape index (κ2) is 9.00. The van der Waals surface area contributed by atoms with E-state index < -0.39 is 14.6 Å². The van der Waals surface area contributed by atoms with E-state index in [1.807, 2.05) is 13.0 Å². The molecule has 1 atom stereocenters. The maximum Gasteiger partial charge on any atom is 0.310 e. The largest absolute Gasteiger partial charge is 0.466 e. The van der Waals surface area contributed by atoms with E-state index in [0.717, 1.165) is 32.4 Å². The molecule has 2 rings (SSSR count). The lowest BCUT2D eigenvalue weighted by atomic mass is 9.97. The molecule has 0 N–H and O–H groups in total. The van der Waals surface area contributed by atoms with Crippen molar-refractivity contribution in [2.45, 2.75) is 56.1 Å². The van der Waals surface area contributed by atoms with Crippen LogP contribution in [-0.2, 0) is 19.4 Å². The van der Waals surface area contributed by atoms with Gasteiger partial charge in [-0.2, -0.15) is 0 Å². The van der Waals surface area contributed by atoms with Gasteiger partial charge in [-0.3, -0.25) is 4.79 Å². The van der Waals surface area contributed by atoms with Gasteiger partial charge in [-0.05, 0) is 71.7 Å². The van der Waals surface area contributed by atoms with Crippen molar-refractivity contribution in [2.75, 3.05) is 26.2 Å². The maximum absolute atomic E-state index is 12.9. The molecule has 5 nitrogen and oxygen atoms in total. The minimum Gasteiger partial charge on any atom is -0.466 e. The second-order valence-corrected chi connectivity index (χ2v) is 10.2. The number of nitrogens with zero attached hydrogens (tertiary/aromatic N) is 1. The fraction of sp³-hybridized carbons (Fsp3) is 0.650. The van der Waals surface area contributed by atoms with Gasteiger partial charge in [-0.25, -0.2) is 8.42 Å². The minimum absolute atomic E-state index is 0.0511. The predicted octanol–water partition coefficient (Wildman–Crippen LogP) is 3.29. The Morgan fingerprint density at radius 1 is 1.27 bits per heavy atom. The molecule has 0 aromatic heterocycles. The molecule has 0 aliphatic carbocycles. The zero-order valence-electron chi connectivity index (χ0n) is 16.1. The number of rotatable bonds is 8. The van der Waals surface area contributed by atoms with E-state index in [9.17, 15) is 13.2 Å². The number of carbonyl (C=O) groups is 1. The summed E-state index contributed by atoms with van der Waals surface area (Å²) in [5, 5.41) is 0. The lowest BCUT2D eigenvalue weighted by Gasteiger charge is -2.32. The molecule has 0 radical (unpaired) electrons. The Balaban J connectivity index is 1.89. The predicted molar refractivity (Wildman–Crippen MR) is 103 cm³/mol. The molecule has 0 unspecified atom stereocenters. The standard InChI is InChI=1S/C20H31NO4S/c1-4-25-19(22)17-10-8-14-21(16-17)15-9-13-20(2,3)26(23,24)18-11-6-5-7-12-18/h5-7,11-12,17H,4,8-10,13-16H2,1-3H3/t17-/m0/s1. The maximum atomic E-state index is 12.9. The van der Waals surface area contributed by atoms with Crippen LogP contribution < -0.4 is 0 Å². The summed E-state index contributed by atoms with van der Waals surface area (Å²) < 4.78 is 30.1. The van der Waals surface area contributed by atoms with Crippen molar-refractivity contribution in [2.24, 2.45) is 5.92 Å². The zero-order valence-corrected chi connectivity index (χ0v) is 16.9. The van der Waals surface area contributed by atoms with Crippen molar-refractivity contribution < 1.29 is 17.9 Å². The molecule has 0 saturated carbocycles. The van der Waals surface area contributed by atoms with E-state index in [4.69, 9.17) is 4.74 Å². The minimum atomic E-state index is -3.37. The molecular weight excluding hydrogens is 350 g/mol. The van der Waals surface area contributed by atoms with Crippen molar-refractivity contribution in [1.82, 2.24) is 4.90 Å². The lowest BCUT2D eigenvalue weighted by molar-refractivity contribution is -0.149. The number of sulfone groups is 1.